The van der Waals surface area contributed by atoms with Crippen molar-refractivity contribution in [3.8, 4) is 0 Å². The predicted molar refractivity (Wildman–Crippen MR) is 86.6 cm³/mol. The van der Waals surface area contributed by atoms with Crippen LogP contribution >= 0.6 is 55.1 Å². The minimum absolute atomic E-state index is 0.0447. The highest BCUT2D eigenvalue weighted by Gasteiger charge is 2.21. The van der Waals surface area contributed by atoms with E-state index in [4.69, 9.17) is 23.2 Å². The number of ketones is 1. The van der Waals surface area contributed by atoms with Gasteiger partial charge in [-0.3, -0.25) is 4.79 Å². The first-order valence-corrected chi connectivity index (χ1v) is 7.84. The summed E-state index contributed by atoms with van der Waals surface area (Å²) in [5, 5.41) is 1.02. The van der Waals surface area contributed by atoms with Crippen molar-refractivity contribution in [2.24, 2.45) is 0 Å². The number of hydrogen-bond donors (Lipinski definition) is 0. The van der Waals surface area contributed by atoms with Gasteiger partial charge in [0, 0.05) is 20.1 Å². The fraction of sp³-hybridized carbons (Fsp3) is 0.0714. The van der Waals surface area contributed by atoms with Gasteiger partial charge in [-0.15, -0.1) is 0 Å². The van der Waals surface area contributed by atoms with E-state index in [1.54, 1.807) is 30.3 Å². The molecular weight excluding hydrogens is 415 g/mol. The van der Waals surface area contributed by atoms with Gasteiger partial charge in [-0.05, 0) is 29.8 Å². The van der Waals surface area contributed by atoms with Crippen LogP contribution in [0.4, 0.5) is 0 Å². The van der Waals surface area contributed by atoms with Gasteiger partial charge in [-0.1, -0.05) is 73.3 Å². The van der Waals surface area contributed by atoms with Crippen LogP contribution in [0.3, 0.4) is 0 Å². The third kappa shape index (κ3) is 3.60. The summed E-state index contributed by atoms with van der Waals surface area (Å²) in [6, 6.07) is 12.3. The first kappa shape index (κ1) is 15.0. The third-order valence-corrected chi connectivity index (χ3v) is 4.59. The van der Waals surface area contributed by atoms with Gasteiger partial charge < -0.3 is 0 Å². The Labute approximate surface area is 138 Å². The standard InChI is InChI=1S/C14H8Br2Cl2O/c15-9-3-1-8(2-4-9)14(19)13(16)11-6-5-10(17)7-12(11)18/h1-7,13H. The summed E-state index contributed by atoms with van der Waals surface area (Å²) in [6.45, 7) is 0. The molecule has 0 heterocycles. The minimum Gasteiger partial charge on any atom is -0.293 e. The highest BCUT2D eigenvalue weighted by Crippen LogP contribution is 2.34. The van der Waals surface area contributed by atoms with Crippen LogP contribution in [0.5, 0.6) is 0 Å². The smallest absolute Gasteiger partial charge is 0.180 e. The van der Waals surface area contributed by atoms with Gasteiger partial charge in [0.1, 0.15) is 4.83 Å². The van der Waals surface area contributed by atoms with E-state index in [9.17, 15) is 4.79 Å². The van der Waals surface area contributed by atoms with Crippen molar-refractivity contribution >= 4 is 60.8 Å². The Balaban J connectivity index is 2.30. The molecule has 0 spiro atoms. The van der Waals surface area contributed by atoms with Crippen molar-refractivity contribution in [2.45, 2.75) is 4.83 Å². The Morgan fingerprint density at radius 3 is 2.26 bits per heavy atom. The van der Waals surface area contributed by atoms with Crippen molar-refractivity contribution in [3.05, 3.63) is 68.1 Å². The van der Waals surface area contributed by atoms with Gasteiger partial charge in [-0.25, -0.2) is 0 Å². The number of carbonyl (C=O) groups is 1. The molecule has 1 nitrogen and oxygen atoms in total. The summed E-state index contributed by atoms with van der Waals surface area (Å²) in [6.07, 6.45) is 0. The van der Waals surface area contributed by atoms with Crippen LogP contribution in [0.1, 0.15) is 20.7 Å². The van der Waals surface area contributed by atoms with Crippen LogP contribution in [0, 0.1) is 0 Å². The number of benzene rings is 2. The van der Waals surface area contributed by atoms with Gasteiger partial charge in [0.15, 0.2) is 5.78 Å². The molecule has 0 N–H and O–H groups in total. The summed E-state index contributed by atoms with van der Waals surface area (Å²) in [4.78, 5) is 11.9. The van der Waals surface area contributed by atoms with Crippen molar-refractivity contribution < 1.29 is 4.79 Å². The van der Waals surface area contributed by atoms with E-state index < -0.39 is 4.83 Å². The van der Waals surface area contributed by atoms with Crippen molar-refractivity contribution in [1.29, 1.82) is 0 Å². The Hall–Kier alpha value is -0.350. The maximum absolute atomic E-state index is 12.3. The average molecular weight is 423 g/mol. The van der Waals surface area contributed by atoms with Crippen LogP contribution in [0.2, 0.25) is 10.0 Å². The molecule has 19 heavy (non-hydrogen) atoms. The second-order valence-corrected chi connectivity index (χ2v) is 6.57. The summed E-state index contributed by atoms with van der Waals surface area (Å²) in [5.74, 6) is -0.0447. The summed E-state index contributed by atoms with van der Waals surface area (Å²) >= 11 is 18.7. The van der Waals surface area contributed by atoms with Gasteiger partial charge in [-0.2, -0.15) is 0 Å². The quantitative estimate of drug-likeness (QED) is 0.433. The SMILES string of the molecule is O=C(c1ccc(Br)cc1)C(Br)c1ccc(Cl)cc1Cl. The molecule has 0 aromatic heterocycles. The topological polar surface area (TPSA) is 17.1 Å². The van der Waals surface area contributed by atoms with Crippen LogP contribution in [-0.2, 0) is 0 Å². The normalized spacial score (nSPS) is 12.2. The van der Waals surface area contributed by atoms with E-state index in [-0.39, 0.29) is 5.78 Å². The van der Waals surface area contributed by atoms with Gasteiger partial charge in [0.25, 0.3) is 0 Å². The molecule has 0 aliphatic heterocycles. The number of rotatable bonds is 3. The lowest BCUT2D eigenvalue weighted by Gasteiger charge is -2.11. The number of alkyl halides is 1. The highest BCUT2D eigenvalue weighted by atomic mass is 79.9. The second-order valence-electron chi connectivity index (χ2n) is 3.90. The number of hydrogen-bond acceptors (Lipinski definition) is 1. The predicted octanol–water partition coefficient (Wildman–Crippen LogP) is 6.07. The first-order valence-electron chi connectivity index (χ1n) is 5.38. The molecule has 0 radical (unpaired) electrons. The molecule has 2 aromatic carbocycles. The average Bonchev–Trinajstić information content (AvgIpc) is 2.38. The summed E-state index contributed by atoms with van der Waals surface area (Å²) in [5.41, 5.74) is 1.33. The zero-order valence-electron chi connectivity index (χ0n) is 9.54. The molecule has 0 aliphatic rings. The van der Waals surface area contributed by atoms with E-state index in [1.807, 2.05) is 12.1 Å². The highest BCUT2D eigenvalue weighted by molar-refractivity contribution is 9.10. The first-order chi connectivity index (χ1) is 8.99. The molecule has 1 atom stereocenters. The lowest BCUT2D eigenvalue weighted by Crippen LogP contribution is -2.07. The fourth-order valence-electron chi connectivity index (χ4n) is 1.61. The van der Waals surface area contributed by atoms with Gasteiger partial charge >= 0.3 is 0 Å². The van der Waals surface area contributed by atoms with Gasteiger partial charge in [0.05, 0.1) is 0 Å². The lowest BCUT2D eigenvalue weighted by atomic mass is 10.0. The van der Waals surface area contributed by atoms with Crippen LogP contribution < -0.4 is 0 Å². The third-order valence-electron chi connectivity index (χ3n) is 2.59. The van der Waals surface area contributed by atoms with E-state index in [1.165, 1.54) is 0 Å². The van der Waals surface area contributed by atoms with E-state index in [0.717, 1.165) is 4.47 Å². The maximum atomic E-state index is 12.3. The molecule has 0 saturated carbocycles. The Kier molecular flexibility index (Phi) is 5.07. The Morgan fingerprint density at radius 1 is 1.05 bits per heavy atom. The second kappa shape index (κ2) is 6.40. The van der Waals surface area contributed by atoms with E-state index in [2.05, 4.69) is 31.9 Å². The lowest BCUT2D eigenvalue weighted by molar-refractivity contribution is 0.0991. The molecule has 1 unspecified atom stereocenters. The molecule has 2 rings (SSSR count). The van der Waals surface area contributed by atoms with Crippen LogP contribution in [0.15, 0.2) is 46.9 Å². The Morgan fingerprint density at radius 2 is 1.68 bits per heavy atom. The van der Waals surface area contributed by atoms with Crippen LogP contribution in [-0.4, -0.2) is 5.78 Å². The summed E-state index contributed by atoms with van der Waals surface area (Å²) < 4.78 is 0.930. The van der Waals surface area contributed by atoms with Crippen LogP contribution in [0.25, 0.3) is 0 Å². The molecule has 0 amide bonds. The molecule has 98 valence electrons. The summed E-state index contributed by atoms with van der Waals surface area (Å²) in [7, 11) is 0. The molecule has 0 bridgehead atoms. The molecular formula is C14H8Br2Cl2O. The van der Waals surface area contributed by atoms with Crippen molar-refractivity contribution in [2.75, 3.05) is 0 Å². The maximum Gasteiger partial charge on any atom is 0.180 e. The van der Waals surface area contributed by atoms with E-state index >= 15 is 0 Å². The van der Waals surface area contributed by atoms with Crippen molar-refractivity contribution in [3.63, 3.8) is 0 Å². The van der Waals surface area contributed by atoms with Crippen molar-refractivity contribution in [1.82, 2.24) is 0 Å². The van der Waals surface area contributed by atoms with E-state index in [0.29, 0.717) is 21.2 Å². The monoisotopic (exact) mass is 420 g/mol. The zero-order valence-corrected chi connectivity index (χ0v) is 14.2. The zero-order chi connectivity index (χ0) is 14.0. The molecule has 2 aromatic rings. The minimum atomic E-state index is -0.488. The molecule has 0 saturated heterocycles. The van der Waals surface area contributed by atoms with Gasteiger partial charge in [0.2, 0.25) is 0 Å². The molecule has 0 fully saturated rings. The largest absolute Gasteiger partial charge is 0.293 e. The Bertz CT molecular complexity index is 611. The fourth-order valence-corrected chi connectivity index (χ4v) is 3.19. The molecule has 5 heteroatoms. The number of carbonyl (C=O) groups excluding carboxylic acids is 1. The number of Topliss-reactive ketones (excluding diaryl/α,β-unsaturated/α-hetero) is 1. The number of halogens is 4. The molecule has 0 aliphatic carbocycles.